The van der Waals surface area contributed by atoms with Crippen LogP contribution in [0.3, 0.4) is 0 Å². The van der Waals surface area contributed by atoms with Gasteiger partial charge >= 0.3 is 0 Å². The number of rotatable bonds is 20. The van der Waals surface area contributed by atoms with Crippen molar-refractivity contribution in [3.63, 3.8) is 0 Å². The van der Waals surface area contributed by atoms with Crippen molar-refractivity contribution in [2.45, 2.75) is 101 Å². The van der Waals surface area contributed by atoms with Gasteiger partial charge in [0.2, 0.25) is 0 Å². The summed E-state index contributed by atoms with van der Waals surface area (Å²) < 4.78 is 74.5. The highest BCUT2D eigenvalue weighted by Crippen LogP contribution is 2.40. The van der Waals surface area contributed by atoms with Gasteiger partial charge in [-0.2, -0.15) is 0 Å². The van der Waals surface area contributed by atoms with E-state index in [0.717, 1.165) is 32.7 Å². The Balaban J connectivity index is 1.09. The Morgan fingerprint density at radius 3 is 1.58 bits per heavy atom. The van der Waals surface area contributed by atoms with Gasteiger partial charge < -0.3 is 52.1 Å². The molecule has 0 amide bonds. The van der Waals surface area contributed by atoms with E-state index in [1.54, 1.807) is 18.4 Å². The molecule has 9 rings (SSSR count). The van der Waals surface area contributed by atoms with Crippen LogP contribution in [0.1, 0.15) is 39.0 Å². The fourth-order valence-electron chi connectivity index (χ4n) is 8.43. The number of ether oxygens (including phenoxy) is 11. The van der Waals surface area contributed by atoms with Gasteiger partial charge in [0.25, 0.3) is 0 Å². The Kier molecular flexibility index (Phi) is 16.2. The molecule has 0 aliphatic carbocycles. The van der Waals surface area contributed by atoms with Crippen LogP contribution in [0.4, 0.5) is 0 Å². The Morgan fingerprint density at radius 1 is 0.492 bits per heavy atom. The molecule has 65 heavy (non-hydrogen) atoms. The zero-order chi connectivity index (χ0) is 44.0. The van der Waals surface area contributed by atoms with Gasteiger partial charge in [0.1, 0.15) is 48.8 Å². The molecule has 0 saturated carbocycles. The van der Waals surface area contributed by atoms with Gasteiger partial charge in [0.15, 0.2) is 18.9 Å². The molecule has 0 spiro atoms. The summed E-state index contributed by atoms with van der Waals surface area (Å²) in [5.41, 5.74) is 4.89. The van der Waals surface area contributed by atoms with E-state index in [0.29, 0.717) is 13.2 Å². The van der Waals surface area contributed by atoms with E-state index in [-0.39, 0.29) is 33.0 Å². The first-order valence-corrected chi connectivity index (χ1v) is 23.1. The molecular weight excluding hydrogens is 845 g/mol. The maximum Gasteiger partial charge on any atom is 0.187 e. The molecule has 340 valence electrons. The lowest BCUT2D eigenvalue weighted by Crippen LogP contribution is -2.67. The first kappa shape index (κ1) is 45.5. The number of hydrogen-bond donors (Lipinski definition) is 0. The Hall–Kier alpha value is -4.64. The van der Waals surface area contributed by atoms with E-state index in [1.165, 1.54) is 0 Å². The van der Waals surface area contributed by atoms with Gasteiger partial charge in [0, 0.05) is 17.6 Å². The molecule has 12 heteroatoms. The van der Waals surface area contributed by atoms with Gasteiger partial charge in [-0.05, 0) is 33.7 Å². The second-order valence-electron chi connectivity index (χ2n) is 16.2. The van der Waals surface area contributed by atoms with Crippen LogP contribution in [0, 0.1) is 0 Å². The van der Waals surface area contributed by atoms with Crippen molar-refractivity contribution < 1.29 is 52.1 Å². The monoisotopic (exact) mass is 900 g/mol. The number of fused-ring (bicyclic) bond motifs is 1. The Morgan fingerprint density at radius 2 is 1.02 bits per heavy atom. The van der Waals surface area contributed by atoms with Crippen LogP contribution in [0.25, 0.3) is 0 Å². The van der Waals surface area contributed by atoms with Crippen LogP contribution in [0.15, 0.2) is 169 Å². The molecule has 1 aromatic heterocycles. The zero-order valence-corrected chi connectivity index (χ0v) is 37.2. The van der Waals surface area contributed by atoms with E-state index >= 15 is 0 Å². The van der Waals surface area contributed by atoms with Crippen LogP contribution in [-0.2, 0) is 85.1 Å². The smallest absolute Gasteiger partial charge is 0.187 e. The summed E-state index contributed by atoms with van der Waals surface area (Å²) in [7, 11) is 1.60. The van der Waals surface area contributed by atoms with Crippen molar-refractivity contribution >= 4 is 11.3 Å². The van der Waals surface area contributed by atoms with Gasteiger partial charge in [0.05, 0.1) is 46.2 Å². The summed E-state index contributed by atoms with van der Waals surface area (Å²) >= 11 is 1.61. The van der Waals surface area contributed by atoms with Crippen molar-refractivity contribution in [2.24, 2.45) is 0 Å². The van der Waals surface area contributed by atoms with Gasteiger partial charge in [-0.1, -0.05) is 158 Å². The predicted octanol–water partition coefficient (Wildman–Crippen LogP) is 9.20. The second kappa shape index (κ2) is 23.2. The number of methoxy groups -OCH3 is 1. The molecule has 3 saturated heterocycles. The van der Waals surface area contributed by atoms with E-state index in [9.17, 15) is 0 Å². The topological polar surface area (TPSA) is 102 Å². The fourth-order valence-corrected chi connectivity index (χ4v) is 9.06. The molecule has 11 nitrogen and oxygen atoms in total. The summed E-state index contributed by atoms with van der Waals surface area (Å²) in [5.74, 6) is 0. The van der Waals surface area contributed by atoms with Crippen molar-refractivity contribution in [1.82, 2.24) is 0 Å². The van der Waals surface area contributed by atoms with Crippen molar-refractivity contribution in [1.29, 1.82) is 0 Å². The van der Waals surface area contributed by atoms with E-state index in [4.69, 9.17) is 52.1 Å². The number of benzene rings is 5. The van der Waals surface area contributed by atoms with Crippen LogP contribution in [-0.4, -0.2) is 81.7 Å². The molecule has 0 radical (unpaired) electrons. The third kappa shape index (κ3) is 12.0. The third-order valence-corrected chi connectivity index (χ3v) is 12.6. The van der Waals surface area contributed by atoms with Crippen LogP contribution in [0.5, 0.6) is 0 Å². The zero-order valence-electron chi connectivity index (χ0n) is 36.4. The molecule has 1 unspecified atom stereocenters. The molecule has 6 aromatic rings. The normalized spacial score (nSPS) is 27.8. The molecule has 3 aliphatic heterocycles. The molecular formula is C53H56O11S. The molecule has 3 fully saturated rings. The summed E-state index contributed by atoms with van der Waals surface area (Å²) in [6.07, 6.45) is -8.21. The second-order valence-corrected chi connectivity index (χ2v) is 17.3. The van der Waals surface area contributed by atoms with Gasteiger partial charge in [-0.25, -0.2) is 0 Å². The largest absolute Gasteiger partial charge is 0.374 e. The summed E-state index contributed by atoms with van der Waals surface area (Å²) in [4.78, 5) is 1.04. The Labute approximate surface area is 385 Å². The maximum absolute atomic E-state index is 7.39. The SMILES string of the molecule is CO[C@H]1O[C@@H]2COC(c3ccccc3)O[C@H]2[C@H](O[C@H]2O[C@H](COCc3ccccc3)[C@@H](OCc3ccccc3)[C@H](OCc3ccccc3)[C@H]2OCc2cccs2)[C@@H]1OCc1ccccc1. The van der Waals surface area contributed by atoms with Gasteiger partial charge in [-0.15, -0.1) is 11.3 Å². The van der Waals surface area contributed by atoms with Crippen LogP contribution < -0.4 is 0 Å². The van der Waals surface area contributed by atoms with Crippen molar-refractivity contribution in [3.8, 4) is 0 Å². The summed E-state index contributed by atoms with van der Waals surface area (Å²) in [6.45, 7) is 1.92. The highest BCUT2D eigenvalue weighted by Gasteiger charge is 2.56. The average molecular weight is 901 g/mol. The molecule has 3 aliphatic rings. The van der Waals surface area contributed by atoms with E-state index in [1.807, 2.05) is 169 Å². The van der Waals surface area contributed by atoms with E-state index in [2.05, 4.69) is 0 Å². The minimum Gasteiger partial charge on any atom is -0.374 e. The standard InChI is InChI=1S/C53H56O11S/c1-54-52-50(58-33-40-24-13-5-14-25-40)48(46-44(61-52)36-60-51(63-46)41-26-15-6-16-27-41)64-53-49(59-34-42-28-17-29-65-42)47(57-32-39-22-11-4-12-23-39)45(56-31-38-20-9-3-10-21-38)43(62-53)35-55-30-37-18-7-2-8-19-37/h2-29,43-53H,30-36H2,1H3/t43-,44-,45-,46-,47+,48+,49-,50+,51?,52+,53-/m1/s1. The maximum atomic E-state index is 7.39. The van der Waals surface area contributed by atoms with Crippen LogP contribution >= 0.6 is 11.3 Å². The highest BCUT2D eigenvalue weighted by molar-refractivity contribution is 7.09. The molecule has 5 aromatic carbocycles. The molecule has 4 heterocycles. The van der Waals surface area contributed by atoms with Crippen LogP contribution in [0.2, 0.25) is 0 Å². The number of hydrogen-bond acceptors (Lipinski definition) is 12. The minimum absolute atomic E-state index is 0.173. The lowest BCUT2D eigenvalue weighted by molar-refractivity contribution is -0.399. The summed E-state index contributed by atoms with van der Waals surface area (Å²) in [5, 5.41) is 2.03. The van der Waals surface area contributed by atoms with Crippen molar-refractivity contribution in [2.75, 3.05) is 20.3 Å². The van der Waals surface area contributed by atoms with E-state index < -0.39 is 67.7 Å². The highest BCUT2D eigenvalue weighted by atomic mass is 32.1. The first-order chi connectivity index (χ1) is 32.2. The average Bonchev–Trinajstić information content (AvgIpc) is 3.90. The number of thiophene rings is 1. The summed E-state index contributed by atoms with van der Waals surface area (Å²) in [6, 6.07) is 54.1. The fraction of sp³-hybridized carbons (Fsp3) is 0.358. The first-order valence-electron chi connectivity index (χ1n) is 22.2. The predicted molar refractivity (Wildman–Crippen MR) is 243 cm³/mol. The van der Waals surface area contributed by atoms with Gasteiger partial charge in [-0.3, -0.25) is 0 Å². The lowest BCUT2D eigenvalue weighted by atomic mass is 9.95. The molecule has 0 N–H and O–H groups in total. The molecule has 0 bridgehead atoms. The molecule has 11 atom stereocenters. The Bertz CT molecular complexity index is 2230. The minimum atomic E-state index is -1.04. The third-order valence-electron chi connectivity index (χ3n) is 11.7. The van der Waals surface area contributed by atoms with Crippen molar-refractivity contribution in [3.05, 3.63) is 202 Å². The lowest BCUT2D eigenvalue weighted by Gasteiger charge is -2.51. The quantitative estimate of drug-likeness (QED) is 0.0734.